The van der Waals surface area contributed by atoms with Crippen LogP contribution in [-0.4, -0.2) is 29.8 Å². The van der Waals surface area contributed by atoms with E-state index in [1.807, 2.05) is 13.0 Å². The van der Waals surface area contributed by atoms with Crippen LogP contribution in [0.2, 0.25) is 0 Å². The number of ether oxygens (including phenoxy) is 3. The van der Waals surface area contributed by atoms with E-state index in [0.717, 1.165) is 17.7 Å². The van der Waals surface area contributed by atoms with Crippen molar-refractivity contribution in [3.8, 4) is 22.9 Å². The Kier molecular flexibility index (Phi) is 6.24. The summed E-state index contributed by atoms with van der Waals surface area (Å²) >= 11 is 0. The predicted molar refractivity (Wildman–Crippen MR) is 97.8 cm³/mol. The van der Waals surface area contributed by atoms with Gasteiger partial charge >= 0.3 is 12.1 Å². The Morgan fingerprint density at radius 2 is 1.83 bits per heavy atom. The molecule has 0 atom stereocenters. The highest BCUT2D eigenvalue weighted by Crippen LogP contribution is 2.30. The zero-order chi connectivity index (χ0) is 21.7. The summed E-state index contributed by atoms with van der Waals surface area (Å²) in [4.78, 5) is 15.9. The van der Waals surface area contributed by atoms with Crippen LogP contribution in [0.25, 0.3) is 11.4 Å². The zero-order valence-electron chi connectivity index (χ0n) is 16.0. The highest BCUT2D eigenvalue weighted by atomic mass is 19.4. The van der Waals surface area contributed by atoms with E-state index in [2.05, 4.69) is 10.1 Å². The molecule has 0 unspecified atom stereocenters. The Morgan fingerprint density at radius 3 is 2.50 bits per heavy atom. The molecule has 0 fully saturated rings. The number of alkyl halides is 3. The van der Waals surface area contributed by atoms with Gasteiger partial charge in [-0.3, -0.25) is 0 Å². The summed E-state index contributed by atoms with van der Waals surface area (Å²) in [5, 5.41) is 3.67. The molecule has 2 aromatic carbocycles. The second kappa shape index (κ2) is 8.85. The number of methoxy groups -OCH3 is 1. The summed E-state index contributed by atoms with van der Waals surface area (Å²) in [5.41, 5.74) is 0.523. The first-order valence-corrected chi connectivity index (χ1v) is 8.69. The summed E-state index contributed by atoms with van der Waals surface area (Å²) in [7, 11) is 1.49. The number of carbonyl (C=O) groups is 1. The van der Waals surface area contributed by atoms with Crippen LogP contribution in [-0.2, 0) is 22.3 Å². The normalized spacial score (nSPS) is 11.2. The number of hydrogen-bond donors (Lipinski definition) is 0. The first-order chi connectivity index (χ1) is 14.3. The van der Waals surface area contributed by atoms with Crippen LogP contribution in [0.5, 0.6) is 11.5 Å². The van der Waals surface area contributed by atoms with Gasteiger partial charge in [-0.15, -0.1) is 0 Å². The van der Waals surface area contributed by atoms with Crippen LogP contribution < -0.4 is 9.47 Å². The lowest BCUT2D eigenvalue weighted by atomic mass is 10.1. The molecule has 0 saturated carbocycles. The second-order valence-electron chi connectivity index (χ2n) is 6.19. The smallest absolute Gasteiger partial charge is 0.416 e. The summed E-state index contributed by atoms with van der Waals surface area (Å²) in [6, 6.07) is 9.55. The highest BCUT2D eigenvalue weighted by Gasteiger charge is 2.30. The van der Waals surface area contributed by atoms with Gasteiger partial charge in [-0.2, -0.15) is 18.2 Å². The fourth-order valence-corrected chi connectivity index (χ4v) is 2.45. The molecule has 1 aromatic heterocycles. The van der Waals surface area contributed by atoms with Crippen molar-refractivity contribution in [3.63, 3.8) is 0 Å². The summed E-state index contributed by atoms with van der Waals surface area (Å²) in [5.74, 6) is 0.275. The van der Waals surface area contributed by atoms with E-state index in [1.54, 1.807) is 12.1 Å². The Hall–Kier alpha value is -3.56. The minimum Gasteiger partial charge on any atom is -0.493 e. The van der Waals surface area contributed by atoms with Crippen LogP contribution in [0.3, 0.4) is 0 Å². The lowest BCUT2D eigenvalue weighted by Gasteiger charge is -2.10. The molecular weight excluding hydrogens is 405 g/mol. The summed E-state index contributed by atoms with van der Waals surface area (Å²) in [6.07, 6.45) is -4.43. The van der Waals surface area contributed by atoms with Crippen molar-refractivity contribution in [2.75, 3.05) is 13.7 Å². The van der Waals surface area contributed by atoms with E-state index in [-0.39, 0.29) is 24.9 Å². The van der Waals surface area contributed by atoms with Gasteiger partial charge in [-0.25, -0.2) is 4.79 Å². The van der Waals surface area contributed by atoms with Crippen molar-refractivity contribution >= 4 is 5.97 Å². The molecule has 0 aliphatic heterocycles. The Bertz CT molecular complexity index is 1020. The van der Waals surface area contributed by atoms with Gasteiger partial charge < -0.3 is 18.7 Å². The average molecular weight is 422 g/mol. The molecule has 158 valence electrons. The maximum atomic E-state index is 12.6. The van der Waals surface area contributed by atoms with Gasteiger partial charge in [0, 0.05) is 5.56 Å². The Labute approximate surface area is 169 Å². The van der Waals surface area contributed by atoms with E-state index in [4.69, 9.17) is 18.7 Å². The Balaban J connectivity index is 1.53. The number of benzene rings is 2. The third-order valence-corrected chi connectivity index (χ3v) is 3.96. The molecule has 0 aliphatic carbocycles. The molecule has 0 amide bonds. The molecule has 0 N–H and O–H groups in total. The average Bonchev–Trinajstić information content (AvgIpc) is 3.19. The molecule has 30 heavy (non-hydrogen) atoms. The first kappa shape index (κ1) is 21.2. The number of aryl methyl sites for hydroxylation is 1. The van der Waals surface area contributed by atoms with E-state index in [9.17, 15) is 18.0 Å². The van der Waals surface area contributed by atoms with Crippen molar-refractivity contribution in [2.24, 2.45) is 0 Å². The number of esters is 1. The van der Waals surface area contributed by atoms with Gasteiger partial charge in [0.2, 0.25) is 5.82 Å². The van der Waals surface area contributed by atoms with Crippen LogP contribution in [0.15, 0.2) is 47.0 Å². The van der Waals surface area contributed by atoms with Crippen LogP contribution in [0.4, 0.5) is 13.2 Å². The fraction of sp³-hybridized carbons (Fsp3) is 0.250. The lowest BCUT2D eigenvalue weighted by molar-refractivity contribution is -0.148. The van der Waals surface area contributed by atoms with E-state index >= 15 is 0 Å². The van der Waals surface area contributed by atoms with E-state index in [0.29, 0.717) is 17.1 Å². The molecule has 7 nitrogen and oxygen atoms in total. The van der Waals surface area contributed by atoms with Gasteiger partial charge in [0.1, 0.15) is 0 Å². The first-order valence-electron chi connectivity index (χ1n) is 8.69. The largest absolute Gasteiger partial charge is 0.493 e. The zero-order valence-corrected chi connectivity index (χ0v) is 16.0. The minimum atomic E-state index is -4.43. The molecule has 3 rings (SSSR count). The third kappa shape index (κ3) is 5.28. The van der Waals surface area contributed by atoms with E-state index < -0.39 is 17.7 Å². The van der Waals surface area contributed by atoms with Crippen molar-refractivity contribution < 1.29 is 36.7 Å². The van der Waals surface area contributed by atoms with Gasteiger partial charge in [0.25, 0.3) is 5.89 Å². The third-order valence-electron chi connectivity index (χ3n) is 3.96. The number of rotatable bonds is 7. The second-order valence-corrected chi connectivity index (χ2v) is 6.19. The van der Waals surface area contributed by atoms with Crippen LogP contribution in [0, 0.1) is 6.92 Å². The quantitative estimate of drug-likeness (QED) is 0.528. The fourth-order valence-electron chi connectivity index (χ4n) is 2.45. The Morgan fingerprint density at radius 1 is 1.10 bits per heavy atom. The molecule has 0 saturated heterocycles. The lowest BCUT2D eigenvalue weighted by Crippen LogP contribution is -2.15. The van der Waals surface area contributed by atoms with Crippen molar-refractivity contribution in [3.05, 3.63) is 59.5 Å². The highest BCUT2D eigenvalue weighted by molar-refractivity contribution is 5.71. The topological polar surface area (TPSA) is 83.7 Å². The van der Waals surface area contributed by atoms with Crippen LogP contribution in [0.1, 0.15) is 17.0 Å². The molecule has 0 spiro atoms. The number of nitrogens with zero attached hydrogens (tertiary/aromatic N) is 2. The van der Waals surface area contributed by atoms with E-state index in [1.165, 1.54) is 19.2 Å². The minimum absolute atomic E-state index is 0.00818. The number of halogens is 3. The molecular formula is C20H17F3N2O5. The maximum absolute atomic E-state index is 12.6. The molecule has 1 heterocycles. The molecule has 0 aliphatic rings. The molecule has 10 heteroatoms. The van der Waals surface area contributed by atoms with Crippen LogP contribution >= 0.6 is 0 Å². The number of carbonyl (C=O) groups excluding carboxylic acids is 1. The van der Waals surface area contributed by atoms with Crippen molar-refractivity contribution in [2.45, 2.75) is 19.7 Å². The number of aromatic nitrogens is 2. The van der Waals surface area contributed by atoms with Gasteiger partial charge in [0.05, 0.1) is 12.7 Å². The van der Waals surface area contributed by atoms with Gasteiger partial charge in [-0.1, -0.05) is 23.4 Å². The van der Waals surface area contributed by atoms with Gasteiger partial charge in [0.15, 0.2) is 24.7 Å². The SMILES string of the molecule is COc1cc(C)ccc1OCC(=O)OCc1nc(-c2ccc(C(F)(F)F)cc2)no1. The molecule has 3 aromatic rings. The summed E-state index contributed by atoms with van der Waals surface area (Å²) < 4.78 is 58.4. The van der Waals surface area contributed by atoms with Crippen molar-refractivity contribution in [1.29, 1.82) is 0 Å². The molecule has 0 radical (unpaired) electrons. The molecule has 0 bridgehead atoms. The monoisotopic (exact) mass is 422 g/mol. The van der Waals surface area contributed by atoms with Crippen molar-refractivity contribution in [1.82, 2.24) is 10.1 Å². The van der Waals surface area contributed by atoms with Gasteiger partial charge in [-0.05, 0) is 36.8 Å². The maximum Gasteiger partial charge on any atom is 0.416 e. The number of hydrogen-bond acceptors (Lipinski definition) is 7. The predicted octanol–water partition coefficient (Wildman–Crippen LogP) is 4.19. The standard InChI is InChI=1S/C20H17F3N2O5/c1-12-3-8-15(16(9-12)27-2)28-11-18(26)29-10-17-24-19(25-30-17)13-4-6-14(7-5-13)20(21,22)23/h3-9H,10-11H2,1-2H3. The summed E-state index contributed by atoms with van der Waals surface area (Å²) in [6.45, 7) is 1.23.